The monoisotopic (exact) mass is 287 g/mol. The lowest BCUT2D eigenvalue weighted by molar-refractivity contribution is -0.121. The van der Waals surface area contributed by atoms with Gasteiger partial charge in [-0.15, -0.1) is 0 Å². The highest BCUT2D eigenvalue weighted by atomic mass is 32.2. The highest BCUT2D eigenvalue weighted by Gasteiger charge is 2.43. The van der Waals surface area contributed by atoms with Gasteiger partial charge in [-0.05, 0) is 6.92 Å². The van der Waals surface area contributed by atoms with Gasteiger partial charge in [-0.25, -0.2) is 13.1 Å². The van der Waals surface area contributed by atoms with Crippen LogP contribution in [0.5, 0.6) is 0 Å². The second kappa shape index (κ2) is 4.61. The second-order valence-corrected chi connectivity index (χ2v) is 7.20. The molecule has 1 saturated heterocycles. The summed E-state index contributed by atoms with van der Waals surface area (Å²) in [5.74, 6) is -0.378. The van der Waals surface area contributed by atoms with Crippen molar-refractivity contribution in [3.8, 4) is 0 Å². The fraction of sp³-hybridized carbons (Fsp3) is 0.636. The molecular formula is C11H17N3O4S. The van der Waals surface area contributed by atoms with E-state index in [0.717, 1.165) is 0 Å². The maximum atomic E-state index is 12.0. The van der Waals surface area contributed by atoms with Crippen molar-refractivity contribution in [2.45, 2.75) is 32.6 Å². The van der Waals surface area contributed by atoms with Crippen LogP contribution in [0.25, 0.3) is 0 Å². The molecule has 1 aliphatic rings. The van der Waals surface area contributed by atoms with Gasteiger partial charge in [-0.3, -0.25) is 4.79 Å². The minimum absolute atomic E-state index is 0.251. The summed E-state index contributed by atoms with van der Waals surface area (Å²) in [7, 11) is -3.65. The quantitative estimate of drug-likeness (QED) is 0.807. The van der Waals surface area contributed by atoms with Crippen LogP contribution >= 0.6 is 0 Å². The standard InChI is InChI=1S/C11H17N3O4S/c1-7-4-8(18-13-7)5-19(16,17)14-9-10(15)12-6-11(9,2)3/h4,9,14H,5-6H2,1-3H3,(H,12,15). The molecule has 1 aromatic rings. The maximum absolute atomic E-state index is 12.0. The van der Waals surface area contributed by atoms with Gasteiger partial charge >= 0.3 is 0 Å². The van der Waals surface area contributed by atoms with Gasteiger partial charge in [0.05, 0.1) is 5.69 Å². The molecule has 0 aromatic carbocycles. The molecule has 0 radical (unpaired) electrons. The third-order valence-corrected chi connectivity index (χ3v) is 4.33. The van der Waals surface area contributed by atoms with Crippen molar-refractivity contribution < 1.29 is 17.7 Å². The number of hydrogen-bond donors (Lipinski definition) is 2. The van der Waals surface area contributed by atoms with E-state index in [1.807, 2.05) is 13.8 Å². The van der Waals surface area contributed by atoms with Crippen molar-refractivity contribution in [2.75, 3.05) is 6.54 Å². The number of nitrogens with one attached hydrogen (secondary N) is 2. The highest BCUT2D eigenvalue weighted by Crippen LogP contribution is 2.25. The van der Waals surface area contributed by atoms with Crippen molar-refractivity contribution in [1.29, 1.82) is 0 Å². The number of carbonyl (C=O) groups is 1. The first-order valence-electron chi connectivity index (χ1n) is 5.89. The lowest BCUT2D eigenvalue weighted by atomic mass is 9.88. The summed E-state index contributed by atoms with van der Waals surface area (Å²) in [6.45, 7) is 5.81. The van der Waals surface area contributed by atoms with E-state index < -0.39 is 21.5 Å². The van der Waals surface area contributed by atoms with Crippen LogP contribution in [0.3, 0.4) is 0 Å². The van der Waals surface area contributed by atoms with Crippen LogP contribution in [0.1, 0.15) is 25.3 Å². The number of carbonyl (C=O) groups excluding carboxylic acids is 1. The molecular weight excluding hydrogens is 270 g/mol. The van der Waals surface area contributed by atoms with Crippen molar-refractivity contribution >= 4 is 15.9 Å². The van der Waals surface area contributed by atoms with Crippen LogP contribution in [0.4, 0.5) is 0 Å². The summed E-state index contributed by atoms with van der Waals surface area (Å²) in [5.41, 5.74) is 0.158. The Morgan fingerprint density at radius 3 is 2.74 bits per heavy atom. The third-order valence-electron chi connectivity index (χ3n) is 3.07. The Labute approximate surface area is 111 Å². The third kappa shape index (κ3) is 3.13. The first-order chi connectivity index (χ1) is 8.70. The minimum Gasteiger partial charge on any atom is -0.360 e. The normalized spacial score (nSPS) is 22.5. The van der Waals surface area contributed by atoms with E-state index in [1.54, 1.807) is 13.0 Å². The van der Waals surface area contributed by atoms with Crippen LogP contribution in [0, 0.1) is 12.3 Å². The first-order valence-corrected chi connectivity index (χ1v) is 7.55. The molecule has 0 bridgehead atoms. The topological polar surface area (TPSA) is 101 Å². The smallest absolute Gasteiger partial charge is 0.238 e. The summed E-state index contributed by atoms with van der Waals surface area (Å²) in [5, 5.41) is 6.28. The zero-order chi connectivity index (χ0) is 14.3. The molecule has 2 heterocycles. The summed E-state index contributed by atoms with van der Waals surface area (Å²) < 4.78 is 31.3. The molecule has 8 heteroatoms. The van der Waals surface area contributed by atoms with E-state index in [4.69, 9.17) is 4.52 Å². The fourth-order valence-corrected chi connectivity index (χ4v) is 3.36. The van der Waals surface area contributed by atoms with Gasteiger partial charge in [-0.2, -0.15) is 0 Å². The molecule has 0 saturated carbocycles. The zero-order valence-electron chi connectivity index (χ0n) is 11.1. The molecule has 0 aliphatic carbocycles. The van der Waals surface area contributed by atoms with Crippen molar-refractivity contribution in [2.24, 2.45) is 5.41 Å². The predicted octanol–water partition coefficient (Wildman–Crippen LogP) is -0.0730. The lowest BCUT2D eigenvalue weighted by Crippen LogP contribution is -2.47. The molecule has 1 atom stereocenters. The van der Waals surface area contributed by atoms with Crippen molar-refractivity contribution in [3.63, 3.8) is 0 Å². The zero-order valence-corrected chi connectivity index (χ0v) is 11.9. The van der Waals surface area contributed by atoms with E-state index in [2.05, 4.69) is 15.2 Å². The van der Waals surface area contributed by atoms with Crippen molar-refractivity contribution in [3.05, 3.63) is 17.5 Å². The van der Waals surface area contributed by atoms with Gasteiger partial charge in [0.2, 0.25) is 15.9 Å². The van der Waals surface area contributed by atoms with Crippen LogP contribution in [0.15, 0.2) is 10.6 Å². The Bertz CT molecular complexity index is 591. The maximum Gasteiger partial charge on any atom is 0.238 e. The van der Waals surface area contributed by atoms with Gasteiger partial charge in [0.1, 0.15) is 11.8 Å². The SMILES string of the molecule is Cc1cc(CS(=O)(=O)NC2C(=O)NCC2(C)C)on1. The molecule has 19 heavy (non-hydrogen) atoms. The molecule has 1 unspecified atom stereocenters. The fourth-order valence-electron chi connectivity index (χ4n) is 1.98. The lowest BCUT2D eigenvalue weighted by Gasteiger charge is -2.24. The Hall–Kier alpha value is -1.41. The number of aryl methyl sites for hydroxylation is 1. The molecule has 7 nitrogen and oxygen atoms in total. The number of hydrogen-bond acceptors (Lipinski definition) is 5. The van der Waals surface area contributed by atoms with E-state index in [1.165, 1.54) is 0 Å². The summed E-state index contributed by atoms with van der Waals surface area (Å²) >= 11 is 0. The molecule has 1 amide bonds. The van der Waals surface area contributed by atoms with Gasteiger partial charge in [-0.1, -0.05) is 19.0 Å². The van der Waals surface area contributed by atoms with E-state index in [-0.39, 0.29) is 17.4 Å². The summed E-state index contributed by atoms with van der Waals surface area (Å²) in [6.07, 6.45) is 0. The average molecular weight is 287 g/mol. The van der Waals surface area contributed by atoms with Gasteiger partial charge in [0.15, 0.2) is 5.76 Å². The largest absolute Gasteiger partial charge is 0.360 e. The van der Waals surface area contributed by atoms with Crippen LogP contribution in [0.2, 0.25) is 0 Å². The van der Waals surface area contributed by atoms with Crippen LogP contribution < -0.4 is 10.0 Å². The molecule has 106 valence electrons. The number of aromatic nitrogens is 1. The first kappa shape index (κ1) is 14.0. The van der Waals surface area contributed by atoms with E-state index >= 15 is 0 Å². The Morgan fingerprint density at radius 1 is 1.58 bits per heavy atom. The molecule has 2 rings (SSSR count). The van der Waals surface area contributed by atoms with Crippen LogP contribution in [-0.2, 0) is 20.6 Å². The number of sulfonamides is 1. The Morgan fingerprint density at radius 2 is 2.26 bits per heavy atom. The molecule has 0 spiro atoms. The Balaban J connectivity index is 2.11. The van der Waals surface area contributed by atoms with Crippen LogP contribution in [-0.4, -0.2) is 32.1 Å². The number of rotatable bonds is 4. The van der Waals surface area contributed by atoms with E-state index in [0.29, 0.717) is 12.2 Å². The Kier molecular flexibility index (Phi) is 3.40. The van der Waals surface area contributed by atoms with Gasteiger partial charge in [0.25, 0.3) is 0 Å². The van der Waals surface area contributed by atoms with Gasteiger partial charge < -0.3 is 9.84 Å². The van der Waals surface area contributed by atoms with E-state index in [9.17, 15) is 13.2 Å². The van der Waals surface area contributed by atoms with Gasteiger partial charge in [0, 0.05) is 18.0 Å². The summed E-state index contributed by atoms with van der Waals surface area (Å²) in [4.78, 5) is 11.7. The highest BCUT2D eigenvalue weighted by molar-refractivity contribution is 7.88. The molecule has 2 N–H and O–H groups in total. The predicted molar refractivity (Wildman–Crippen MR) is 67.6 cm³/mol. The molecule has 1 aliphatic heterocycles. The molecule has 1 fully saturated rings. The second-order valence-electron chi connectivity index (χ2n) is 5.45. The van der Waals surface area contributed by atoms with Crippen molar-refractivity contribution in [1.82, 2.24) is 15.2 Å². The number of nitrogens with zero attached hydrogens (tertiary/aromatic N) is 1. The number of amides is 1. The minimum atomic E-state index is -3.65. The average Bonchev–Trinajstić information content (AvgIpc) is 2.76. The molecule has 1 aromatic heterocycles. The summed E-state index contributed by atoms with van der Waals surface area (Å²) in [6, 6.07) is 0.792.